The predicted molar refractivity (Wildman–Crippen MR) is 106 cm³/mol. The van der Waals surface area contributed by atoms with Gasteiger partial charge in [-0.15, -0.1) is 0 Å². The van der Waals surface area contributed by atoms with Gasteiger partial charge >= 0.3 is 0 Å². The average molecular weight is 369 g/mol. The molecule has 0 spiro atoms. The number of carbonyl (C=O) groups excluding carboxylic acids is 1. The number of fused-ring (bicyclic) bond motifs is 2. The smallest absolute Gasteiger partial charge is 0.255 e. The van der Waals surface area contributed by atoms with Crippen molar-refractivity contribution in [3.05, 3.63) is 71.8 Å². The molecule has 0 aliphatic rings. The summed E-state index contributed by atoms with van der Waals surface area (Å²) in [5, 5.41) is 10.7. The van der Waals surface area contributed by atoms with Crippen molar-refractivity contribution in [3.8, 4) is 11.4 Å². The number of hydrogen-bond acceptors (Lipinski definition) is 5. The van der Waals surface area contributed by atoms with Crippen LogP contribution in [0.15, 0.2) is 65.3 Å². The van der Waals surface area contributed by atoms with Crippen LogP contribution in [0, 0.1) is 6.92 Å². The van der Waals surface area contributed by atoms with E-state index in [4.69, 9.17) is 4.63 Å². The van der Waals surface area contributed by atoms with Crippen LogP contribution in [-0.2, 0) is 0 Å². The summed E-state index contributed by atoms with van der Waals surface area (Å²) in [5.41, 5.74) is 6.06. The second-order valence-electron chi connectivity index (χ2n) is 6.58. The molecule has 0 aliphatic heterocycles. The summed E-state index contributed by atoms with van der Waals surface area (Å²) in [7, 11) is 0. The standard InChI is InChI=1S/C21H15N5O2/c1-12-5-8-14(9-6-12)22-21(27)13-7-10-16-18(11-13)24-20(23-16)15-3-2-4-17-19(15)26-28-25-17/h2-11H,1H3,(H,22,27)(H,23,24). The van der Waals surface area contributed by atoms with Gasteiger partial charge in [-0.25, -0.2) is 9.61 Å². The van der Waals surface area contributed by atoms with Crippen molar-refractivity contribution >= 4 is 33.7 Å². The van der Waals surface area contributed by atoms with E-state index >= 15 is 0 Å². The van der Waals surface area contributed by atoms with Gasteiger partial charge in [-0.2, -0.15) is 0 Å². The molecule has 2 N–H and O–H groups in total. The van der Waals surface area contributed by atoms with Gasteiger partial charge in [0.25, 0.3) is 5.91 Å². The topological polar surface area (TPSA) is 96.7 Å². The molecule has 2 aromatic heterocycles. The highest BCUT2D eigenvalue weighted by atomic mass is 16.6. The van der Waals surface area contributed by atoms with E-state index in [2.05, 4.69) is 25.6 Å². The van der Waals surface area contributed by atoms with Gasteiger partial charge in [-0.05, 0) is 59.7 Å². The molecule has 0 radical (unpaired) electrons. The first-order valence-corrected chi connectivity index (χ1v) is 8.77. The Morgan fingerprint density at radius 2 is 1.86 bits per heavy atom. The minimum atomic E-state index is -0.176. The molecule has 0 atom stereocenters. The molecule has 0 saturated carbocycles. The van der Waals surface area contributed by atoms with E-state index in [9.17, 15) is 4.79 Å². The summed E-state index contributed by atoms with van der Waals surface area (Å²) in [6, 6.07) is 18.6. The highest BCUT2D eigenvalue weighted by molar-refractivity contribution is 6.06. The third kappa shape index (κ3) is 2.79. The maximum absolute atomic E-state index is 12.6. The molecule has 5 aromatic rings. The Morgan fingerprint density at radius 1 is 1.00 bits per heavy atom. The molecular formula is C21H15N5O2. The molecule has 7 heteroatoms. The van der Waals surface area contributed by atoms with Crippen molar-refractivity contribution in [3.63, 3.8) is 0 Å². The second kappa shape index (κ2) is 6.31. The minimum absolute atomic E-state index is 0.176. The fraction of sp³-hybridized carbons (Fsp3) is 0.0476. The summed E-state index contributed by atoms with van der Waals surface area (Å²) in [4.78, 5) is 20.5. The number of nitrogens with zero attached hydrogens (tertiary/aromatic N) is 3. The monoisotopic (exact) mass is 369 g/mol. The molecule has 0 aliphatic carbocycles. The largest absolute Gasteiger partial charge is 0.338 e. The van der Waals surface area contributed by atoms with E-state index in [-0.39, 0.29) is 5.91 Å². The lowest BCUT2D eigenvalue weighted by Gasteiger charge is -2.05. The van der Waals surface area contributed by atoms with E-state index in [0.717, 1.165) is 27.8 Å². The van der Waals surface area contributed by atoms with Crippen LogP contribution in [0.3, 0.4) is 0 Å². The fourth-order valence-electron chi connectivity index (χ4n) is 3.12. The Morgan fingerprint density at radius 3 is 2.71 bits per heavy atom. The van der Waals surface area contributed by atoms with Gasteiger partial charge in [0.05, 0.1) is 11.0 Å². The Bertz CT molecular complexity index is 1320. The zero-order valence-electron chi connectivity index (χ0n) is 14.9. The fourth-order valence-corrected chi connectivity index (χ4v) is 3.12. The number of imidazole rings is 1. The number of H-pyrrole nitrogens is 1. The third-order valence-electron chi connectivity index (χ3n) is 4.59. The molecule has 28 heavy (non-hydrogen) atoms. The molecule has 0 saturated heterocycles. The summed E-state index contributed by atoms with van der Waals surface area (Å²) < 4.78 is 4.82. The molecule has 5 rings (SSSR count). The average Bonchev–Trinajstić information content (AvgIpc) is 3.35. The van der Waals surface area contributed by atoms with Crippen molar-refractivity contribution in [1.82, 2.24) is 20.3 Å². The molecule has 136 valence electrons. The highest BCUT2D eigenvalue weighted by Gasteiger charge is 2.14. The van der Waals surface area contributed by atoms with Gasteiger partial charge in [-0.3, -0.25) is 4.79 Å². The molecule has 0 fully saturated rings. The Labute approximate surface area is 159 Å². The molecule has 7 nitrogen and oxygen atoms in total. The number of carbonyl (C=O) groups is 1. The number of aryl methyl sites for hydroxylation is 1. The van der Waals surface area contributed by atoms with Crippen LogP contribution in [0.4, 0.5) is 5.69 Å². The van der Waals surface area contributed by atoms with Gasteiger partial charge < -0.3 is 10.3 Å². The van der Waals surface area contributed by atoms with Crippen LogP contribution in [0.2, 0.25) is 0 Å². The van der Waals surface area contributed by atoms with Crippen molar-refractivity contribution in [1.29, 1.82) is 0 Å². The van der Waals surface area contributed by atoms with Gasteiger partial charge in [0.15, 0.2) is 0 Å². The number of hydrogen-bond donors (Lipinski definition) is 2. The van der Waals surface area contributed by atoms with Gasteiger partial charge in [0.2, 0.25) is 0 Å². The summed E-state index contributed by atoms with van der Waals surface area (Å²) in [6.45, 7) is 2.00. The van der Waals surface area contributed by atoms with Gasteiger partial charge in [0.1, 0.15) is 16.9 Å². The SMILES string of the molecule is Cc1ccc(NC(=O)c2ccc3nc(-c4cccc5nonc45)[nH]c3c2)cc1. The molecular weight excluding hydrogens is 354 g/mol. The molecule has 0 bridgehead atoms. The first-order valence-electron chi connectivity index (χ1n) is 8.77. The highest BCUT2D eigenvalue weighted by Crippen LogP contribution is 2.26. The number of rotatable bonds is 3. The zero-order chi connectivity index (χ0) is 19.1. The first-order chi connectivity index (χ1) is 13.7. The number of benzene rings is 3. The Kier molecular flexibility index (Phi) is 3.65. The van der Waals surface area contributed by atoms with Crippen molar-refractivity contribution in [2.24, 2.45) is 0 Å². The number of nitrogens with one attached hydrogen (secondary N) is 2. The maximum Gasteiger partial charge on any atom is 0.255 e. The lowest BCUT2D eigenvalue weighted by molar-refractivity contribution is 0.102. The number of aromatic amines is 1. The van der Waals surface area contributed by atoms with E-state index in [1.165, 1.54) is 0 Å². The quantitative estimate of drug-likeness (QED) is 0.493. The first kappa shape index (κ1) is 16.2. The van der Waals surface area contributed by atoms with E-state index in [0.29, 0.717) is 22.4 Å². The van der Waals surface area contributed by atoms with Gasteiger partial charge in [-0.1, -0.05) is 23.8 Å². The number of amides is 1. The lowest BCUT2D eigenvalue weighted by atomic mass is 10.1. The predicted octanol–water partition coefficient (Wildman–Crippen LogP) is 4.33. The third-order valence-corrected chi connectivity index (χ3v) is 4.59. The van der Waals surface area contributed by atoms with E-state index in [1.807, 2.05) is 55.5 Å². The van der Waals surface area contributed by atoms with Crippen LogP contribution < -0.4 is 5.32 Å². The molecule has 3 aromatic carbocycles. The molecule has 2 heterocycles. The Hall–Kier alpha value is -4.00. The summed E-state index contributed by atoms with van der Waals surface area (Å²) in [5.74, 6) is 0.470. The lowest BCUT2D eigenvalue weighted by Crippen LogP contribution is -2.11. The zero-order valence-corrected chi connectivity index (χ0v) is 14.9. The molecule has 1 amide bonds. The second-order valence-corrected chi connectivity index (χ2v) is 6.58. The Balaban J connectivity index is 1.49. The number of aromatic nitrogens is 4. The van der Waals surface area contributed by atoms with Crippen LogP contribution >= 0.6 is 0 Å². The van der Waals surface area contributed by atoms with Crippen LogP contribution in [0.25, 0.3) is 33.5 Å². The van der Waals surface area contributed by atoms with Crippen molar-refractivity contribution in [2.75, 3.05) is 5.32 Å². The molecule has 0 unspecified atom stereocenters. The van der Waals surface area contributed by atoms with Crippen molar-refractivity contribution < 1.29 is 9.42 Å². The van der Waals surface area contributed by atoms with Crippen LogP contribution in [0.5, 0.6) is 0 Å². The van der Waals surface area contributed by atoms with E-state index in [1.54, 1.807) is 12.1 Å². The van der Waals surface area contributed by atoms with Crippen LogP contribution in [0.1, 0.15) is 15.9 Å². The summed E-state index contributed by atoms with van der Waals surface area (Å²) in [6.07, 6.45) is 0. The van der Waals surface area contributed by atoms with Gasteiger partial charge in [0, 0.05) is 16.8 Å². The summed E-state index contributed by atoms with van der Waals surface area (Å²) >= 11 is 0. The maximum atomic E-state index is 12.6. The number of anilines is 1. The van der Waals surface area contributed by atoms with Crippen molar-refractivity contribution in [2.45, 2.75) is 6.92 Å². The normalized spacial score (nSPS) is 11.2. The minimum Gasteiger partial charge on any atom is -0.338 e. The van der Waals surface area contributed by atoms with Crippen LogP contribution in [-0.4, -0.2) is 26.2 Å². The van der Waals surface area contributed by atoms with E-state index < -0.39 is 0 Å².